The predicted molar refractivity (Wildman–Crippen MR) is 136 cm³/mol. The summed E-state index contributed by atoms with van der Waals surface area (Å²) < 4.78 is 0. The molecule has 0 bridgehead atoms. The van der Waals surface area contributed by atoms with Gasteiger partial charge in [0.1, 0.15) is 11.5 Å². The van der Waals surface area contributed by atoms with Crippen LogP contribution in [0.4, 0.5) is 5.82 Å². The highest BCUT2D eigenvalue weighted by molar-refractivity contribution is 7.17. The highest BCUT2D eigenvalue weighted by atomic mass is 32.1. The molecular weight excluding hydrogens is 450 g/mol. The molecule has 0 aliphatic carbocycles. The second kappa shape index (κ2) is 10.00. The Morgan fingerprint density at radius 1 is 1.24 bits per heavy atom. The number of carbonyl (C=O) groups excluding carboxylic acids is 2. The van der Waals surface area contributed by atoms with Crippen LogP contribution >= 0.6 is 11.3 Å². The highest BCUT2D eigenvalue weighted by Crippen LogP contribution is 2.35. The molecule has 186 valence electrons. The summed E-state index contributed by atoms with van der Waals surface area (Å²) in [5, 5.41) is 16.2. The average molecular weight is 488 g/mol. The molecule has 3 heterocycles. The number of amides is 2. The first-order chi connectivity index (χ1) is 15.7. The number of aromatic nitrogens is 2. The smallest absolute Gasteiger partial charge is 0.280 e. The third-order valence-corrected chi connectivity index (χ3v) is 6.76. The number of aryl methyl sites for hydroxylation is 1. The van der Waals surface area contributed by atoms with Crippen molar-refractivity contribution in [2.75, 3.05) is 25.0 Å². The summed E-state index contributed by atoms with van der Waals surface area (Å²) in [6.45, 7) is 15.3. The van der Waals surface area contributed by atoms with E-state index < -0.39 is 11.5 Å². The van der Waals surface area contributed by atoms with Gasteiger partial charge in [0, 0.05) is 37.4 Å². The van der Waals surface area contributed by atoms with Gasteiger partial charge in [-0.3, -0.25) is 9.59 Å². The second-order valence-corrected chi connectivity index (χ2v) is 12.0. The summed E-state index contributed by atoms with van der Waals surface area (Å²) in [6, 6.07) is 2.10. The van der Waals surface area contributed by atoms with Crippen molar-refractivity contribution in [2.45, 2.75) is 73.0 Å². The quantitative estimate of drug-likeness (QED) is 0.543. The average Bonchev–Trinajstić information content (AvgIpc) is 3.35. The molecule has 0 unspecified atom stereocenters. The number of nitrogens with one attached hydrogen (secondary N) is 2. The Bertz CT molecular complexity index is 1050. The number of hydrogen-bond donors (Lipinski definition) is 3. The van der Waals surface area contributed by atoms with Crippen LogP contribution < -0.4 is 10.6 Å². The van der Waals surface area contributed by atoms with E-state index in [2.05, 4.69) is 41.4 Å². The molecule has 0 radical (unpaired) electrons. The summed E-state index contributed by atoms with van der Waals surface area (Å²) in [6.07, 6.45) is 3.66. The molecule has 2 aromatic rings. The zero-order valence-corrected chi connectivity index (χ0v) is 22.1. The number of hydrogen-bond acceptors (Lipinski definition) is 7. The summed E-state index contributed by atoms with van der Waals surface area (Å²) >= 11 is 1.18. The van der Waals surface area contributed by atoms with Crippen molar-refractivity contribution in [3.63, 3.8) is 0 Å². The Labute approximate surface area is 206 Å². The normalized spacial score (nSPS) is 16.6. The molecule has 1 fully saturated rings. The zero-order valence-electron chi connectivity index (χ0n) is 21.3. The molecule has 1 atom stereocenters. The maximum Gasteiger partial charge on any atom is 0.280 e. The summed E-state index contributed by atoms with van der Waals surface area (Å²) in [7, 11) is 0. The number of pyridine rings is 1. The van der Waals surface area contributed by atoms with E-state index in [0.717, 1.165) is 36.3 Å². The van der Waals surface area contributed by atoms with Crippen molar-refractivity contribution >= 4 is 29.0 Å². The molecule has 1 saturated heterocycles. The SMILES string of the molecule is Cc1cc(NCC(C)(C)C)ncc1-c1sc(C(=O)NCC(C)(C)O)nc1C(=O)N1CCC[C@@H]1C. The molecule has 1 aliphatic rings. The summed E-state index contributed by atoms with van der Waals surface area (Å²) in [5.74, 6) is 0.202. The number of carbonyl (C=O) groups is 2. The molecule has 3 rings (SSSR count). The molecule has 3 N–H and O–H groups in total. The Balaban J connectivity index is 1.96. The highest BCUT2D eigenvalue weighted by Gasteiger charge is 2.32. The largest absolute Gasteiger partial charge is 0.389 e. The van der Waals surface area contributed by atoms with Crippen LogP contribution in [0.25, 0.3) is 10.4 Å². The molecule has 1 aliphatic heterocycles. The van der Waals surface area contributed by atoms with E-state index >= 15 is 0 Å². The molecular formula is C25H37N5O3S. The van der Waals surface area contributed by atoms with Gasteiger partial charge in [-0.25, -0.2) is 9.97 Å². The van der Waals surface area contributed by atoms with E-state index in [1.54, 1.807) is 20.0 Å². The predicted octanol–water partition coefficient (Wildman–Crippen LogP) is 4.10. The lowest BCUT2D eigenvalue weighted by Gasteiger charge is -2.21. The minimum atomic E-state index is -1.05. The number of thiazole rings is 1. The van der Waals surface area contributed by atoms with Crippen molar-refractivity contribution in [3.05, 3.63) is 28.5 Å². The number of rotatable bonds is 7. The van der Waals surface area contributed by atoms with Crippen LogP contribution in [0.1, 0.15) is 80.2 Å². The van der Waals surface area contributed by atoms with Crippen molar-refractivity contribution in [3.8, 4) is 10.4 Å². The number of nitrogens with zero attached hydrogens (tertiary/aromatic N) is 3. The van der Waals surface area contributed by atoms with Gasteiger partial charge in [0.2, 0.25) is 0 Å². The van der Waals surface area contributed by atoms with E-state index in [1.165, 1.54) is 11.3 Å². The maximum absolute atomic E-state index is 13.5. The van der Waals surface area contributed by atoms with Crippen LogP contribution in [0.3, 0.4) is 0 Å². The zero-order chi connectivity index (χ0) is 25.3. The lowest BCUT2D eigenvalue weighted by atomic mass is 9.97. The molecule has 2 aromatic heterocycles. The van der Waals surface area contributed by atoms with E-state index in [-0.39, 0.29) is 34.6 Å². The Morgan fingerprint density at radius 3 is 2.50 bits per heavy atom. The van der Waals surface area contributed by atoms with Crippen LogP contribution in [0.2, 0.25) is 0 Å². The van der Waals surface area contributed by atoms with Crippen LogP contribution in [-0.2, 0) is 0 Å². The molecule has 34 heavy (non-hydrogen) atoms. The number of anilines is 1. The maximum atomic E-state index is 13.5. The lowest BCUT2D eigenvalue weighted by molar-refractivity contribution is 0.0692. The third-order valence-electron chi connectivity index (χ3n) is 5.67. The van der Waals surface area contributed by atoms with Gasteiger partial charge in [0.25, 0.3) is 11.8 Å². The van der Waals surface area contributed by atoms with E-state index in [0.29, 0.717) is 11.4 Å². The van der Waals surface area contributed by atoms with Gasteiger partial charge >= 0.3 is 0 Å². The molecule has 2 amide bonds. The monoisotopic (exact) mass is 487 g/mol. The first-order valence-electron chi connectivity index (χ1n) is 11.8. The minimum absolute atomic E-state index is 0.0852. The van der Waals surface area contributed by atoms with Crippen molar-refractivity contribution < 1.29 is 14.7 Å². The Kier molecular flexibility index (Phi) is 7.67. The third kappa shape index (κ3) is 6.54. The molecule has 0 saturated carbocycles. The first-order valence-corrected chi connectivity index (χ1v) is 12.6. The summed E-state index contributed by atoms with van der Waals surface area (Å²) in [4.78, 5) is 37.8. The van der Waals surface area contributed by atoms with Gasteiger partial charge in [-0.2, -0.15) is 0 Å². The second-order valence-electron chi connectivity index (χ2n) is 11.0. The Hall–Kier alpha value is -2.52. The minimum Gasteiger partial charge on any atom is -0.389 e. The first kappa shape index (κ1) is 26.1. The molecule has 0 spiro atoms. The number of aliphatic hydroxyl groups is 1. The number of likely N-dealkylation sites (tertiary alicyclic amines) is 1. The van der Waals surface area contributed by atoms with E-state index in [1.807, 2.05) is 24.8 Å². The van der Waals surface area contributed by atoms with Gasteiger partial charge in [-0.1, -0.05) is 20.8 Å². The van der Waals surface area contributed by atoms with Crippen LogP contribution in [0.5, 0.6) is 0 Å². The van der Waals surface area contributed by atoms with Gasteiger partial charge in [0.15, 0.2) is 5.01 Å². The fourth-order valence-corrected chi connectivity index (χ4v) is 4.78. The summed E-state index contributed by atoms with van der Waals surface area (Å²) in [5.41, 5.74) is 1.09. The van der Waals surface area contributed by atoms with Gasteiger partial charge in [0.05, 0.1) is 10.5 Å². The van der Waals surface area contributed by atoms with E-state index in [4.69, 9.17) is 0 Å². The Morgan fingerprint density at radius 2 is 1.94 bits per heavy atom. The van der Waals surface area contributed by atoms with Crippen LogP contribution in [0.15, 0.2) is 12.3 Å². The lowest BCUT2D eigenvalue weighted by Crippen LogP contribution is -2.38. The van der Waals surface area contributed by atoms with Crippen molar-refractivity contribution in [2.24, 2.45) is 5.41 Å². The fourth-order valence-electron chi connectivity index (χ4n) is 3.73. The topological polar surface area (TPSA) is 107 Å². The van der Waals surface area contributed by atoms with E-state index in [9.17, 15) is 14.7 Å². The van der Waals surface area contributed by atoms with Crippen LogP contribution in [-0.4, -0.2) is 63.1 Å². The van der Waals surface area contributed by atoms with Gasteiger partial charge in [-0.15, -0.1) is 11.3 Å². The van der Waals surface area contributed by atoms with Crippen molar-refractivity contribution in [1.82, 2.24) is 20.2 Å². The van der Waals surface area contributed by atoms with Gasteiger partial charge in [-0.05, 0) is 57.6 Å². The standard InChI is InChI=1S/C25H37N5O3S/c1-15-11-18(27-13-24(3,4)5)26-12-17(15)20-19(23(32)30-10-8-9-16(30)2)29-22(34-20)21(31)28-14-25(6,7)33/h11-12,16,33H,8-10,13-14H2,1-7H3,(H,26,27)(H,28,31)/t16-/m0/s1. The van der Waals surface area contributed by atoms with Crippen molar-refractivity contribution in [1.29, 1.82) is 0 Å². The molecule has 9 heteroatoms. The van der Waals surface area contributed by atoms with Gasteiger partial charge < -0.3 is 20.6 Å². The van der Waals surface area contributed by atoms with Crippen LogP contribution in [0, 0.1) is 12.3 Å². The molecule has 8 nitrogen and oxygen atoms in total. The fraction of sp³-hybridized carbons (Fsp3) is 0.600. The molecule has 0 aromatic carbocycles.